The van der Waals surface area contributed by atoms with Gasteiger partial charge in [0.2, 0.25) is 5.91 Å². The van der Waals surface area contributed by atoms with Crippen molar-refractivity contribution in [3.8, 4) is 0 Å². The molecule has 0 aromatic carbocycles. The monoisotopic (exact) mass is 268 g/mol. The topological polar surface area (TPSA) is 41.1 Å². The van der Waals surface area contributed by atoms with Crippen LogP contribution in [0.4, 0.5) is 0 Å². The van der Waals surface area contributed by atoms with E-state index in [4.69, 9.17) is 0 Å². The van der Waals surface area contributed by atoms with Crippen LogP contribution in [-0.4, -0.2) is 25.0 Å². The van der Waals surface area contributed by atoms with Crippen LogP contribution in [0, 0.1) is 11.3 Å². The molecule has 0 aliphatic carbocycles. The lowest BCUT2D eigenvalue weighted by Crippen LogP contribution is -2.50. The van der Waals surface area contributed by atoms with Crippen LogP contribution in [0.5, 0.6) is 0 Å². The van der Waals surface area contributed by atoms with E-state index in [0.717, 1.165) is 19.5 Å². The maximum absolute atomic E-state index is 12.1. The maximum atomic E-state index is 12.1. The molecule has 0 radical (unpaired) electrons. The predicted molar refractivity (Wildman–Crippen MR) is 81.1 cm³/mol. The number of hydrogen-bond donors (Lipinski definition) is 2. The van der Waals surface area contributed by atoms with Gasteiger partial charge >= 0.3 is 0 Å². The third-order valence-electron chi connectivity index (χ3n) is 4.18. The first-order valence-electron chi connectivity index (χ1n) is 7.95. The smallest absolute Gasteiger partial charge is 0.237 e. The zero-order chi connectivity index (χ0) is 14.3. The predicted octanol–water partition coefficient (Wildman–Crippen LogP) is 3.10. The molecule has 19 heavy (non-hydrogen) atoms. The van der Waals surface area contributed by atoms with E-state index >= 15 is 0 Å². The summed E-state index contributed by atoms with van der Waals surface area (Å²) in [5.74, 6) is 0.852. The summed E-state index contributed by atoms with van der Waals surface area (Å²) in [5, 5.41) is 6.46. The first-order chi connectivity index (χ1) is 8.94. The summed E-state index contributed by atoms with van der Waals surface area (Å²) in [6.07, 6.45) is 7.16. The Bertz CT molecular complexity index is 276. The minimum atomic E-state index is 0.0233. The standard InChI is InChI=1S/C16H32N2O/c1-5-6-7-9-16(3,4)12-18-15(19)14-11-13(2)8-10-17-14/h13-14,17H,5-12H2,1-4H3,(H,18,19). The molecule has 3 heteroatoms. The fraction of sp³-hybridized carbons (Fsp3) is 0.938. The quantitative estimate of drug-likeness (QED) is 0.697. The van der Waals surface area contributed by atoms with Gasteiger partial charge in [0.25, 0.3) is 0 Å². The molecule has 1 aliphatic heterocycles. The Labute approximate surface area is 118 Å². The third kappa shape index (κ3) is 6.42. The van der Waals surface area contributed by atoms with Gasteiger partial charge in [0.15, 0.2) is 0 Å². The zero-order valence-electron chi connectivity index (χ0n) is 13.2. The van der Waals surface area contributed by atoms with Crippen molar-refractivity contribution in [2.45, 2.75) is 72.3 Å². The SMILES string of the molecule is CCCCCC(C)(C)CNC(=O)C1CC(C)CCN1. The Kier molecular flexibility index (Phi) is 6.84. The van der Waals surface area contributed by atoms with Crippen LogP contribution in [0.25, 0.3) is 0 Å². The summed E-state index contributed by atoms with van der Waals surface area (Å²) in [4.78, 5) is 12.1. The van der Waals surface area contributed by atoms with Crippen LogP contribution in [-0.2, 0) is 4.79 Å². The molecule has 1 heterocycles. The van der Waals surface area contributed by atoms with Crippen LogP contribution < -0.4 is 10.6 Å². The van der Waals surface area contributed by atoms with Crippen LogP contribution in [0.15, 0.2) is 0 Å². The molecule has 1 saturated heterocycles. The van der Waals surface area contributed by atoms with E-state index in [1.807, 2.05) is 0 Å². The highest BCUT2D eigenvalue weighted by atomic mass is 16.2. The summed E-state index contributed by atoms with van der Waals surface area (Å²) in [5.41, 5.74) is 0.213. The van der Waals surface area contributed by atoms with Crippen molar-refractivity contribution >= 4 is 5.91 Å². The fourth-order valence-corrected chi connectivity index (χ4v) is 2.70. The second-order valence-electron chi connectivity index (χ2n) is 6.98. The van der Waals surface area contributed by atoms with Gasteiger partial charge in [-0.05, 0) is 37.1 Å². The Balaban J connectivity index is 2.28. The van der Waals surface area contributed by atoms with E-state index in [0.29, 0.717) is 5.92 Å². The van der Waals surface area contributed by atoms with Crippen molar-refractivity contribution < 1.29 is 4.79 Å². The zero-order valence-corrected chi connectivity index (χ0v) is 13.2. The van der Waals surface area contributed by atoms with E-state index in [1.165, 1.54) is 32.1 Å². The maximum Gasteiger partial charge on any atom is 0.237 e. The van der Waals surface area contributed by atoms with Crippen molar-refractivity contribution in [2.75, 3.05) is 13.1 Å². The minimum Gasteiger partial charge on any atom is -0.354 e. The average molecular weight is 268 g/mol. The molecule has 2 N–H and O–H groups in total. The van der Waals surface area contributed by atoms with Crippen LogP contribution >= 0.6 is 0 Å². The van der Waals surface area contributed by atoms with Gasteiger partial charge in [0.1, 0.15) is 0 Å². The number of nitrogens with one attached hydrogen (secondary N) is 2. The van der Waals surface area contributed by atoms with Gasteiger partial charge in [0, 0.05) is 6.54 Å². The highest BCUT2D eigenvalue weighted by molar-refractivity contribution is 5.81. The minimum absolute atomic E-state index is 0.0233. The third-order valence-corrected chi connectivity index (χ3v) is 4.18. The van der Waals surface area contributed by atoms with E-state index in [1.54, 1.807) is 0 Å². The molecule has 1 rings (SSSR count). The molecule has 1 aliphatic rings. The fourth-order valence-electron chi connectivity index (χ4n) is 2.70. The number of rotatable bonds is 7. The Morgan fingerprint density at radius 2 is 2.11 bits per heavy atom. The van der Waals surface area contributed by atoms with Gasteiger partial charge in [-0.2, -0.15) is 0 Å². The molecule has 0 spiro atoms. The van der Waals surface area contributed by atoms with Crippen molar-refractivity contribution in [3.05, 3.63) is 0 Å². The molecule has 1 amide bonds. The first kappa shape index (κ1) is 16.5. The van der Waals surface area contributed by atoms with Crippen LogP contribution in [0.3, 0.4) is 0 Å². The number of carbonyl (C=O) groups is 1. The molecule has 112 valence electrons. The lowest BCUT2D eigenvalue weighted by molar-refractivity contribution is -0.124. The van der Waals surface area contributed by atoms with Crippen LogP contribution in [0.2, 0.25) is 0 Å². The Hall–Kier alpha value is -0.570. The molecular weight excluding hydrogens is 236 g/mol. The molecule has 0 bridgehead atoms. The molecule has 0 saturated carbocycles. The Morgan fingerprint density at radius 1 is 1.37 bits per heavy atom. The summed E-state index contributed by atoms with van der Waals surface area (Å²) >= 11 is 0. The number of piperidine rings is 1. The first-order valence-corrected chi connectivity index (χ1v) is 7.95. The van der Waals surface area contributed by atoms with E-state index < -0.39 is 0 Å². The summed E-state index contributed by atoms with van der Waals surface area (Å²) in [7, 11) is 0. The second kappa shape index (κ2) is 7.88. The number of amides is 1. The summed E-state index contributed by atoms with van der Waals surface area (Å²) in [6.45, 7) is 10.7. The van der Waals surface area contributed by atoms with Crippen molar-refractivity contribution in [3.63, 3.8) is 0 Å². The summed E-state index contributed by atoms with van der Waals surface area (Å²) in [6, 6.07) is 0.0233. The molecule has 3 nitrogen and oxygen atoms in total. The van der Waals surface area contributed by atoms with Gasteiger partial charge < -0.3 is 10.6 Å². The molecular formula is C16H32N2O. The van der Waals surface area contributed by atoms with E-state index in [2.05, 4.69) is 38.3 Å². The lowest BCUT2D eigenvalue weighted by atomic mass is 9.86. The second-order valence-corrected chi connectivity index (χ2v) is 6.98. The van der Waals surface area contributed by atoms with Gasteiger partial charge in [-0.3, -0.25) is 4.79 Å². The van der Waals surface area contributed by atoms with Crippen molar-refractivity contribution in [1.29, 1.82) is 0 Å². The largest absolute Gasteiger partial charge is 0.354 e. The average Bonchev–Trinajstić information content (AvgIpc) is 2.36. The van der Waals surface area contributed by atoms with Gasteiger partial charge in [0.05, 0.1) is 6.04 Å². The van der Waals surface area contributed by atoms with Gasteiger partial charge in [-0.25, -0.2) is 0 Å². The molecule has 1 fully saturated rings. The number of unbranched alkanes of at least 4 members (excludes halogenated alkanes) is 2. The Morgan fingerprint density at radius 3 is 2.74 bits per heavy atom. The van der Waals surface area contributed by atoms with Crippen molar-refractivity contribution in [1.82, 2.24) is 10.6 Å². The van der Waals surface area contributed by atoms with Gasteiger partial charge in [-0.1, -0.05) is 47.0 Å². The molecule has 2 unspecified atom stereocenters. The van der Waals surface area contributed by atoms with E-state index in [-0.39, 0.29) is 17.4 Å². The number of hydrogen-bond acceptors (Lipinski definition) is 2. The lowest BCUT2D eigenvalue weighted by Gasteiger charge is -2.30. The molecule has 2 atom stereocenters. The van der Waals surface area contributed by atoms with Gasteiger partial charge in [-0.15, -0.1) is 0 Å². The molecule has 0 aromatic rings. The highest BCUT2D eigenvalue weighted by Gasteiger charge is 2.26. The highest BCUT2D eigenvalue weighted by Crippen LogP contribution is 2.23. The van der Waals surface area contributed by atoms with Crippen molar-refractivity contribution in [2.24, 2.45) is 11.3 Å². The normalized spacial score (nSPS) is 24.2. The molecule has 0 aromatic heterocycles. The van der Waals surface area contributed by atoms with E-state index in [9.17, 15) is 4.79 Å². The number of carbonyl (C=O) groups excluding carboxylic acids is 1. The summed E-state index contributed by atoms with van der Waals surface area (Å²) < 4.78 is 0. The van der Waals surface area contributed by atoms with Crippen LogP contribution in [0.1, 0.15) is 66.2 Å².